The van der Waals surface area contributed by atoms with Crippen LogP contribution in [0.1, 0.15) is 33.6 Å². The van der Waals surface area contributed by atoms with Crippen LogP contribution in [0.5, 0.6) is 0 Å². The zero-order chi connectivity index (χ0) is 12.9. The van der Waals surface area contributed by atoms with Crippen LogP contribution < -0.4 is 11.2 Å². The van der Waals surface area contributed by atoms with Crippen LogP contribution in [0.15, 0.2) is 0 Å². The van der Waals surface area contributed by atoms with Gasteiger partial charge in [0.05, 0.1) is 18.8 Å². The summed E-state index contributed by atoms with van der Waals surface area (Å²) in [5.41, 5.74) is -0.920. The smallest absolute Gasteiger partial charge is 0.408 e. The number of ether oxygens (including phenoxy) is 2. The van der Waals surface area contributed by atoms with Gasteiger partial charge in [-0.1, -0.05) is 0 Å². The molecule has 0 aromatic rings. The monoisotopic (exact) mass is 246 g/mol. The molecule has 1 aliphatic heterocycles. The summed E-state index contributed by atoms with van der Waals surface area (Å²) in [6, 6.07) is 0. The van der Waals surface area contributed by atoms with E-state index in [0.29, 0.717) is 26.2 Å². The van der Waals surface area contributed by atoms with Gasteiger partial charge in [-0.05, 0) is 33.6 Å². The average Bonchev–Trinajstić information content (AvgIpc) is 2.60. The van der Waals surface area contributed by atoms with Crippen molar-refractivity contribution in [3.8, 4) is 0 Å². The molecule has 0 aliphatic carbocycles. The molecule has 6 nitrogen and oxygen atoms in total. The van der Waals surface area contributed by atoms with E-state index in [1.165, 1.54) is 0 Å². The summed E-state index contributed by atoms with van der Waals surface area (Å²) in [5.74, 6) is 5.01. The number of hydrogen-bond acceptors (Lipinski definition) is 5. The van der Waals surface area contributed by atoms with Crippen molar-refractivity contribution in [3.05, 3.63) is 0 Å². The average molecular weight is 246 g/mol. The van der Waals surface area contributed by atoms with Gasteiger partial charge in [-0.15, -0.1) is 0 Å². The van der Waals surface area contributed by atoms with Crippen LogP contribution in [0.4, 0.5) is 4.79 Å². The third-order valence-electron chi connectivity index (χ3n) is 2.57. The van der Waals surface area contributed by atoms with E-state index in [4.69, 9.17) is 15.4 Å². The Hall–Kier alpha value is -0.850. The van der Waals surface area contributed by atoms with E-state index in [1.807, 2.05) is 20.8 Å². The fourth-order valence-electron chi connectivity index (χ4n) is 1.74. The summed E-state index contributed by atoms with van der Waals surface area (Å²) >= 11 is 0. The Bertz CT molecular complexity index is 257. The van der Waals surface area contributed by atoms with E-state index in [0.717, 1.165) is 6.42 Å². The van der Waals surface area contributed by atoms with Crippen molar-refractivity contribution in [1.82, 2.24) is 5.32 Å². The molecule has 1 fully saturated rings. The van der Waals surface area contributed by atoms with Crippen LogP contribution in [-0.4, -0.2) is 37.1 Å². The molecule has 1 saturated heterocycles. The molecule has 1 aliphatic rings. The van der Waals surface area contributed by atoms with Gasteiger partial charge < -0.3 is 19.6 Å². The van der Waals surface area contributed by atoms with Crippen LogP contribution in [0, 0.1) is 0 Å². The molecule has 1 amide bonds. The number of alkyl carbamates (subject to hydrolysis) is 1. The molecular weight excluding hydrogens is 224 g/mol. The van der Waals surface area contributed by atoms with Crippen molar-refractivity contribution in [3.63, 3.8) is 0 Å². The summed E-state index contributed by atoms with van der Waals surface area (Å²) in [6.07, 6.45) is 0.929. The number of rotatable bonds is 4. The van der Waals surface area contributed by atoms with Crippen LogP contribution in [-0.2, 0) is 14.3 Å². The van der Waals surface area contributed by atoms with Crippen LogP contribution in [0.25, 0.3) is 0 Å². The van der Waals surface area contributed by atoms with E-state index in [-0.39, 0.29) is 0 Å². The van der Waals surface area contributed by atoms with Gasteiger partial charge >= 0.3 is 6.09 Å². The Kier molecular flexibility index (Phi) is 4.73. The largest absolute Gasteiger partial charge is 0.444 e. The minimum absolute atomic E-state index is 0.374. The Morgan fingerprint density at radius 3 is 2.71 bits per heavy atom. The second-order valence-electron chi connectivity index (χ2n) is 5.33. The highest BCUT2D eigenvalue weighted by atomic mass is 16.6. The summed E-state index contributed by atoms with van der Waals surface area (Å²) in [6.45, 7) is 6.95. The third kappa shape index (κ3) is 4.89. The van der Waals surface area contributed by atoms with E-state index in [9.17, 15) is 4.79 Å². The molecule has 1 heterocycles. The van der Waals surface area contributed by atoms with Gasteiger partial charge in [-0.25, -0.2) is 10.7 Å². The maximum absolute atomic E-state index is 11.7. The van der Waals surface area contributed by atoms with E-state index in [1.54, 1.807) is 0 Å². The highest BCUT2D eigenvalue weighted by Crippen LogP contribution is 2.23. The fraction of sp³-hybridized carbons (Fsp3) is 0.909. The fourth-order valence-corrected chi connectivity index (χ4v) is 1.74. The van der Waals surface area contributed by atoms with Crippen molar-refractivity contribution in [2.45, 2.75) is 44.8 Å². The number of hydrogen-bond donors (Lipinski definition) is 2. The van der Waals surface area contributed by atoms with Gasteiger partial charge in [-0.2, -0.15) is 0 Å². The molecular formula is C11H22N2O4. The van der Waals surface area contributed by atoms with Crippen molar-refractivity contribution in [1.29, 1.82) is 0 Å². The molecule has 0 aromatic carbocycles. The minimum Gasteiger partial charge on any atom is -0.444 e. The van der Waals surface area contributed by atoms with Crippen molar-refractivity contribution >= 4 is 6.09 Å². The Labute approximate surface area is 102 Å². The van der Waals surface area contributed by atoms with Crippen LogP contribution >= 0.6 is 0 Å². The normalized spacial score (nSPS) is 24.7. The Morgan fingerprint density at radius 1 is 1.53 bits per heavy atom. The lowest BCUT2D eigenvalue weighted by Gasteiger charge is -2.30. The molecule has 0 bridgehead atoms. The topological polar surface area (TPSA) is 82.8 Å². The molecule has 1 rings (SSSR count). The zero-order valence-corrected chi connectivity index (χ0v) is 10.7. The van der Waals surface area contributed by atoms with Crippen molar-refractivity contribution < 1.29 is 19.1 Å². The lowest BCUT2D eigenvalue weighted by molar-refractivity contribution is 0.0389. The van der Waals surface area contributed by atoms with Crippen molar-refractivity contribution in [2.75, 3.05) is 19.8 Å². The summed E-state index contributed by atoms with van der Waals surface area (Å²) < 4.78 is 10.5. The maximum Gasteiger partial charge on any atom is 0.408 e. The van der Waals surface area contributed by atoms with Crippen LogP contribution in [0.2, 0.25) is 0 Å². The molecule has 100 valence electrons. The zero-order valence-electron chi connectivity index (χ0n) is 10.7. The molecule has 17 heavy (non-hydrogen) atoms. The number of nitrogens with one attached hydrogen (secondary N) is 1. The molecule has 0 spiro atoms. The van der Waals surface area contributed by atoms with Gasteiger partial charge in [0.25, 0.3) is 0 Å². The lowest BCUT2D eigenvalue weighted by atomic mass is 9.95. The SMILES string of the molecule is CC(C)(C)OC(=O)NC1(CCON)CCOC1. The number of nitrogens with two attached hydrogens (primary N) is 1. The molecule has 1 unspecified atom stereocenters. The second kappa shape index (κ2) is 5.66. The van der Waals surface area contributed by atoms with Crippen molar-refractivity contribution in [2.24, 2.45) is 5.90 Å². The predicted molar refractivity (Wildman–Crippen MR) is 62.3 cm³/mol. The summed E-state index contributed by atoms with van der Waals surface area (Å²) in [4.78, 5) is 16.3. The highest BCUT2D eigenvalue weighted by Gasteiger charge is 2.37. The third-order valence-corrected chi connectivity index (χ3v) is 2.57. The first kappa shape index (κ1) is 14.2. The number of carbonyl (C=O) groups is 1. The van der Waals surface area contributed by atoms with Gasteiger partial charge in [0.1, 0.15) is 5.60 Å². The summed E-state index contributed by atoms with van der Waals surface area (Å²) in [5, 5.41) is 2.86. The molecule has 1 atom stereocenters. The number of amides is 1. The van der Waals surface area contributed by atoms with E-state index >= 15 is 0 Å². The van der Waals surface area contributed by atoms with Gasteiger partial charge in [0.2, 0.25) is 0 Å². The van der Waals surface area contributed by atoms with Gasteiger partial charge in [0, 0.05) is 6.61 Å². The lowest BCUT2D eigenvalue weighted by Crippen LogP contribution is -2.51. The first-order valence-corrected chi connectivity index (χ1v) is 5.77. The first-order valence-electron chi connectivity index (χ1n) is 5.77. The van der Waals surface area contributed by atoms with E-state index < -0.39 is 17.2 Å². The van der Waals surface area contributed by atoms with E-state index in [2.05, 4.69) is 10.2 Å². The standard InChI is InChI=1S/C11H22N2O4/c1-10(2,3)17-9(14)13-11(5-7-16-12)4-6-15-8-11/h4-8,12H2,1-3H3,(H,13,14). The molecule has 0 saturated carbocycles. The van der Waals surface area contributed by atoms with Gasteiger partial charge in [0.15, 0.2) is 0 Å². The molecule has 6 heteroatoms. The van der Waals surface area contributed by atoms with Gasteiger partial charge in [-0.3, -0.25) is 0 Å². The predicted octanol–water partition coefficient (Wildman–Crippen LogP) is 0.951. The maximum atomic E-state index is 11.7. The molecule has 0 aromatic heterocycles. The quantitative estimate of drug-likeness (QED) is 0.722. The Balaban J connectivity index is 2.52. The molecule has 0 radical (unpaired) electrons. The number of carbonyl (C=O) groups excluding carboxylic acids is 1. The minimum atomic E-state index is -0.505. The van der Waals surface area contributed by atoms with Crippen LogP contribution in [0.3, 0.4) is 0 Å². The highest BCUT2D eigenvalue weighted by molar-refractivity contribution is 5.68. The molecule has 3 N–H and O–H groups in total. The first-order chi connectivity index (χ1) is 7.87. The second-order valence-corrected chi connectivity index (χ2v) is 5.33. The summed E-state index contributed by atoms with van der Waals surface area (Å²) in [7, 11) is 0. The Morgan fingerprint density at radius 2 is 2.24 bits per heavy atom.